The molecular weight excluding hydrogens is 332 g/mol. The van der Waals surface area contributed by atoms with E-state index in [2.05, 4.69) is 48.9 Å². The molecule has 0 amide bonds. The van der Waals surface area contributed by atoms with E-state index in [9.17, 15) is 0 Å². The van der Waals surface area contributed by atoms with Crippen molar-refractivity contribution in [2.45, 2.75) is 72.1 Å². The fourth-order valence-corrected chi connectivity index (χ4v) is 4.15. The number of ether oxygens (including phenoxy) is 1. The third-order valence-electron chi connectivity index (χ3n) is 5.82. The fraction of sp³-hybridized carbons (Fsp3) is 0.583. The van der Waals surface area contributed by atoms with Gasteiger partial charge >= 0.3 is 0 Å². The summed E-state index contributed by atoms with van der Waals surface area (Å²) in [5.74, 6) is 3.61. The van der Waals surface area contributed by atoms with E-state index in [0.29, 0.717) is 0 Å². The van der Waals surface area contributed by atoms with E-state index in [-0.39, 0.29) is 0 Å². The zero-order valence-electron chi connectivity index (χ0n) is 17.2. The first-order chi connectivity index (χ1) is 13.2. The van der Waals surface area contributed by atoms with E-state index >= 15 is 0 Å². The number of aryl methyl sites for hydroxylation is 2. The molecule has 1 aliphatic carbocycles. The van der Waals surface area contributed by atoms with Crippen LogP contribution in [0.2, 0.25) is 0 Å². The van der Waals surface area contributed by atoms with Crippen LogP contribution in [0.3, 0.4) is 0 Å². The SMILES string of the molecule is CCCc1ncc(-c2ccc(OC[C@H]3CC[C@H](CCC)CC3)c(C)c2)cn1. The van der Waals surface area contributed by atoms with Gasteiger partial charge in [0.2, 0.25) is 0 Å². The summed E-state index contributed by atoms with van der Waals surface area (Å²) in [4.78, 5) is 8.94. The van der Waals surface area contributed by atoms with Crippen LogP contribution in [0.15, 0.2) is 30.6 Å². The van der Waals surface area contributed by atoms with Gasteiger partial charge in [-0.2, -0.15) is 0 Å². The first-order valence-electron chi connectivity index (χ1n) is 10.7. The van der Waals surface area contributed by atoms with E-state index in [1.807, 2.05) is 12.4 Å². The Bertz CT molecular complexity index is 703. The predicted octanol–water partition coefficient (Wildman–Crippen LogP) is 6.39. The number of aromatic nitrogens is 2. The van der Waals surface area contributed by atoms with Crippen LogP contribution in [0.5, 0.6) is 5.75 Å². The first kappa shape index (κ1) is 19.9. The van der Waals surface area contributed by atoms with Crippen LogP contribution in [0, 0.1) is 18.8 Å². The van der Waals surface area contributed by atoms with Crippen molar-refractivity contribution in [2.75, 3.05) is 6.61 Å². The minimum absolute atomic E-state index is 0.719. The third kappa shape index (κ3) is 5.54. The minimum atomic E-state index is 0.719. The Morgan fingerprint density at radius 1 is 0.926 bits per heavy atom. The molecule has 0 unspecified atom stereocenters. The average Bonchev–Trinajstić information content (AvgIpc) is 2.69. The predicted molar refractivity (Wildman–Crippen MR) is 112 cm³/mol. The smallest absolute Gasteiger partial charge is 0.128 e. The minimum Gasteiger partial charge on any atom is -0.493 e. The molecule has 1 aromatic carbocycles. The Balaban J connectivity index is 1.55. The van der Waals surface area contributed by atoms with Crippen LogP contribution in [0.4, 0.5) is 0 Å². The Labute approximate surface area is 164 Å². The van der Waals surface area contributed by atoms with Crippen LogP contribution in [0.1, 0.15) is 70.2 Å². The lowest BCUT2D eigenvalue weighted by molar-refractivity contribution is 0.178. The van der Waals surface area contributed by atoms with Crippen LogP contribution in [0.25, 0.3) is 11.1 Å². The van der Waals surface area contributed by atoms with Gasteiger partial charge < -0.3 is 4.74 Å². The second kappa shape index (κ2) is 9.87. The second-order valence-corrected chi connectivity index (χ2v) is 8.10. The molecule has 0 spiro atoms. The molecule has 0 saturated heterocycles. The molecule has 27 heavy (non-hydrogen) atoms. The summed E-state index contributed by atoms with van der Waals surface area (Å²) in [6.07, 6.45) is 14.0. The molecule has 3 nitrogen and oxygen atoms in total. The summed E-state index contributed by atoms with van der Waals surface area (Å²) in [5.41, 5.74) is 3.41. The van der Waals surface area contributed by atoms with Crippen molar-refractivity contribution in [1.82, 2.24) is 9.97 Å². The Kier molecular flexibility index (Phi) is 7.25. The number of hydrogen-bond donors (Lipinski definition) is 0. The molecule has 0 bridgehead atoms. The summed E-state index contributed by atoms with van der Waals surface area (Å²) in [5, 5.41) is 0. The van der Waals surface area contributed by atoms with Crippen molar-refractivity contribution in [3.05, 3.63) is 42.0 Å². The highest BCUT2D eigenvalue weighted by Crippen LogP contribution is 2.32. The summed E-state index contributed by atoms with van der Waals surface area (Å²) < 4.78 is 6.18. The van der Waals surface area contributed by atoms with Crippen molar-refractivity contribution in [3.63, 3.8) is 0 Å². The Morgan fingerprint density at radius 2 is 1.63 bits per heavy atom. The van der Waals surface area contributed by atoms with Crippen molar-refractivity contribution >= 4 is 0 Å². The van der Waals surface area contributed by atoms with Crippen molar-refractivity contribution in [2.24, 2.45) is 11.8 Å². The largest absolute Gasteiger partial charge is 0.493 e. The quantitative estimate of drug-likeness (QED) is 0.543. The molecule has 2 aromatic rings. The molecule has 0 atom stereocenters. The number of nitrogens with zero attached hydrogens (tertiary/aromatic N) is 2. The third-order valence-corrected chi connectivity index (χ3v) is 5.82. The maximum Gasteiger partial charge on any atom is 0.128 e. The van der Waals surface area contributed by atoms with E-state index < -0.39 is 0 Å². The highest BCUT2D eigenvalue weighted by molar-refractivity contribution is 5.64. The molecule has 1 saturated carbocycles. The Morgan fingerprint density at radius 3 is 2.26 bits per heavy atom. The normalized spacial score (nSPS) is 19.8. The molecule has 1 aliphatic rings. The van der Waals surface area contributed by atoms with Gasteiger partial charge in [0.05, 0.1) is 6.61 Å². The van der Waals surface area contributed by atoms with Crippen LogP contribution in [-0.2, 0) is 6.42 Å². The zero-order valence-corrected chi connectivity index (χ0v) is 17.2. The number of rotatable bonds is 8. The van der Waals surface area contributed by atoms with E-state index in [1.165, 1.54) is 44.1 Å². The molecule has 0 N–H and O–H groups in total. The first-order valence-corrected chi connectivity index (χ1v) is 10.7. The van der Waals surface area contributed by atoms with Crippen LogP contribution in [-0.4, -0.2) is 16.6 Å². The fourth-order valence-electron chi connectivity index (χ4n) is 4.15. The van der Waals surface area contributed by atoms with Gasteiger partial charge in [0.1, 0.15) is 11.6 Å². The monoisotopic (exact) mass is 366 g/mol. The molecule has 1 fully saturated rings. The maximum atomic E-state index is 6.18. The molecule has 3 rings (SSSR count). The lowest BCUT2D eigenvalue weighted by atomic mass is 9.80. The van der Waals surface area contributed by atoms with Gasteiger partial charge in [-0.1, -0.05) is 45.6 Å². The Hall–Kier alpha value is -1.90. The van der Waals surface area contributed by atoms with Gasteiger partial charge in [-0.05, 0) is 61.3 Å². The van der Waals surface area contributed by atoms with Gasteiger partial charge in [-0.15, -0.1) is 0 Å². The summed E-state index contributed by atoms with van der Waals surface area (Å²) in [6, 6.07) is 6.41. The molecule has 1 aromatic heterocycles. The van der Waals surface area contributed by atoms with E-state index in [4.69, 9.17) is 4.74 Å². The highest BCUT2D eigenvalue weighted by atomic mass is 16.5. The van der Waals surface area contributed by atoms with Crippen LogP contribution >= 0.6 is 0 Å². The maximum absolute atomic E-state index is 6.18. The second-order valence-electron chi connectivity index (χ2n) is 8.10. The van der Waals surface area contributed by atoms with Crippen molar-refractivity contribution < 1.29 is 4.74 Å². The van der Waals surface area contributed by atoms with Crippen molar-refractivity contribution in [3.8, 4) is 16.9 Å². The van der Waals surface area contributed by atoms with Gasteiger partial charge in [0.25, 0.3) is 0 Å². The molecular formula is C24H34N2O. The van der Waals surface area contributed by atoms with Gasteiger partial charge in [-0.3, -0.25) is 0 Å². The van der Waals surface area contributed by atoms with Gasteiger partial charge in [0, 0.05) is 24.4 Å². The molecule has 3 heteroatoms. The molecule has 0 radical (unpaired) electrons. The topological polar surface area (TPSA) is 35.0 Å². The number of benzene rings is 1. The van der Waals surface area contributed by atoms with E-state index in [0.717, 1.165) is 54.0 Å². The lowest BCUT2D eigenvalue weighted by Gasteiger charge is -2.28. The molecule has 0 aliphatic heterocycles. The number of hydrogen-bond acceptors (Lipinski definition) is 3. The molecule has 1 heterocycles. The average molecular weight is 367 g/mol. The lowest BCUT2D eigenvalue weighted by Crippen LogP contribution is -2.20. The highest BCUT2D eigenvalue weighted by Gasteiger charge is 2.21. The summed E-state index contributed by atoms with van der Waals surface area (Å²) in [7, 11) is 0. The van der Waals surface area contributed by atoms with Crippen molar-refractivity contribution in [1.29, 1.82) is 0 Å². The van der Waals surface area contributed by atoms with Gasteiger partial charge in [-0.25, -0.2) is 9.97 Å². The van der Waals surface area contributed by atoms with Crippen LogP contribution < -0.4 is 4.74 Å². The summed E-state index contributed by atoms with van der Waals surface area (Å²) >= 11 is 0. The standard InChI is InChI=1S/C24H34N2O/c1-4-6-19-8-10-20(11-9-19)17-27-23-13-12-21(14-18(23)3)22-15-25-24(7-5-2)26-16-22/h12-16,19-20H,4-11,17H2,1-3H3/t19-,20-. The zero-order chi connectivity index (χ0) is 19.1. The van der Waals surface area contributed by atoms with Gasteiger partial charge in [0.15, 0.2) is 0 Å². The summed E-state index contributed by atoms with van der Waals surface area (Å²) in [6.45, 7) is 7.43. The van der Waals surface area contributed by atoms with E-state index in [1.54, 1.807) is 0 Å². The molecule has 146 valence electrons.